The molecule has 1 saturated heterocycles. The van der Waals surface area contributed by atoms with Gasteiger partial charge in [0.25, 0.3) is 5.91 Å². The van der Waals surface area contributed by atoms with Gasteiger partial charge in [-0.15, -0.1) is 10.2 Å². The van der Waals surface area contributed by atoms with Gasteiger partial charge in [-0.3, -0.25) is 9.20 Å². The molecule has 1 atom stereocenters. The second-order valence-corrected chi connectivity index (χ2v) is 8.18. The van der Waals surface area contributed by atoms with E-state index in [0.717, 1.165) is 29.5 Å². The number of hydrogen-bond donors (Lipinski definition) is 0. The van der Waals surface area contributed by atoms with Crippen LogP contribution in [0.4, 0.5) is 13.2 Å². The number of halogens is 3. The third-order valence-corrected chi connectivity index (χ3v) is 5.98. The van der Waals surface area contributed by atoms with Gasteiger partial charge in [-0.05, 0) is 47.9 Å². The van der Waals surface area contributed by atoms with E-state index in [9.17, 15) is 18.0 Å². The molecular formula is C24H21F3N4O2. The summed E-state index contributed by atoms with van der Waals surface area (Å²) in [6, 6.07) is 15.8. The van der Waals surface area contributed by atoms with Crippen molar-refractivity contribution in [1.29, 1.82) is 0 Å². The first kappa shape index (κ1) is 21.2. The Morgan fingerprint density at radius 2 is 1.88 bits per heavy atom. The van der Waals surface area contributed by atoms with Crippen molar-refractivity contribution < 1.29 is 22.7 Å². The lowest BCUT2D eigenvalue weighted by Crippen LogP contribution is -2.42. The number of aromatic nitrogens is 3. The fourth-order valence-corrected chi connectivity index (χ4v) is 4.26. The number of likely N-dealkylation sites (tertiary alicyclic amines) is 1. The van der Waals surface area contributed by atoms with E-state index in [1.54, 1.807) is 4.90 Å². The Labute approximate surface area is 187 Å². The zero-order valence-electron chi connectivity index (χ0n) is 17.6. The predicted octanol–water partition coefficient (Wildman–Crippen LogP) is 4.69. The van der Waals surface area contributed by atoms with E-state index in [2.05, 4.69) is 10.2 Å². The summed E-state index contributed by atoms with van der Waals surface area (Å²) in [5.41, 5.74) is -0.412. The predicted molar refractivity (Wildman–Crippen MR) is 116 cm³/mol. The number of nitrogens with zero attached hydrogens (tertiary/aromatic N) is 4. The number of pyridine rings is 1. The Kier molecular flexibility index (Phi) is 5.39. The molecule has 33 heavy (non-hydrogen) atoms. The van der Waals surface area contributed by atoms with Crippen molar-refractivity contribution in [3.8, 4) is 5.75 Å². The van der Waals surface area contributed by atoms with Crippen LogP contribution in [0, 0.1) is 0 Å². The number of alkyl halides is 3. The fourth-order valence-electron chi connectivity index (χ4n) is 4.26. The Morgan fingerprint density at radius 1 is 1.06 bits per heavy atom. The normalized spacial score (nSPS) is 16.9. The van der Waals surface area contributed by atoms with Crippen LogP contribution in [0.5, 0.6) is 5.75 Å². The summed E-state index contributed by atoms with van der Waals surface area (Å²) in [4.78, 5) is 14.5. The molecule has 9 heteroatoms. The molecule has 1 aliphatic heterocycles. The van der Waals surface area contributed by atoms with E-state index in [-0.39, 0.29) is 18.4 Å². The molecule has 0 spiro atoms. The molecule has 2 aromatic heterocycles. The molecule has 0 aliphatic carbocycles. The molecule has 1 fully saturated rings. The number of carbonyl (C=O) groups excluding carboxylic acids is 1. The lowest BCUT2D eigenvalue weighted by Gasteiger charge is -2.32. The van der Waals surface area contributed by atoms with Crippen molar-refractivity contribution in [1.82, 2.24) is 19.5 Å². The molecular weight excluding hydrogens is 433 g/mol. The van der Waals surface area contributed by atoms with Gasteiger partial charge in [-0.1, -0.05) is 30.3 Å². The lowest BCUT2D eigenvalue weighted by molar-refractivity contribution is -0.138. The minimum atomic E-state index is -4.45. The van der Waals surface area contributed by atoms with E-state index >= 15 is 0 Å². The molecule has 6 nitrogen and oxygen atoms in total. The number of rotatable bonds is 4. The number of fused-ring (bicyclic) bond motifs is 2. The Balaban J connectivity index is 1.28. The van der Waals surface area contributed by atoms with Gasteiger partial charge in [0.1, 0.15) is 11.6 Å². The molecule has 1 aliphatic rings. The topological polar surface area (TPSA) is 59.7 Å². The van der Waals surface area contributed by atoms with Crippen molar-refractivity contribution in [2.24, 2.45) is 0 Å². The summed E-state index contributed by atoms with van der Waals surface area (Å²) in [7, 11) is 0. The minimum Gasteiger partial charge on any atom is -0.484 e. The first-order valence-corrected chi connectivity index (χ1v) is 10.7. The molecule has 1 unspecified atom stereocenters. The smallest absolute Gasteiger partial charge is 0.417 e. The fraction of sp³-hybridized carbons (Fsp3) is 0.292. The summed E-state index contributed by atoms with van der Waals surface area (Å²) in [6.45, 7) is 0.821. The van der Waals surface area contributed by atoms with Gasteiger partial charge in [-0.2, -0.15) is 13.2 Å². The van der Waals surface area contributed by atoms with E-state index in [0.29, 0.717) is 36.7 Å². The molecule has 2 aromatic carbocycles. The van der Waals surface area contributed by atoms with Crippen LogP contribution >= 0.6 is 0 Å². The molecule has 0 saturated carbocycles. The molecule has 170 valence electrons. The summed E-state index contributed by atoms with van der Waals surface area (Å²) >= 11 is 0. The number of benzene rings is 2. The zero-order valence-corrected chi connectivity index (χ0v) is 17.6. The summed E-state index contributed by atoms with van der Waals surface area (Å²) in [5, 5.41) is 10.3. The van der Waals surface area contributed by atoms with Crippen LogP contribution in [-0.4, -0.2) is 45.1 Å². The maximum absolute atomic E-state index is 13.2. The van der Waals surface area contributed by atoms with Crippen molar-refractivity contribution in [3.05, 3.63) is 72.2 Å². The maximum atomic E-state index is 13.2. The standard InChI is InChI=1S/C24H21F3N4O2/c25-24(26,27)19-8-10-21-28-29-23(31(21)14-19)18-6-3-11-30(13-18)22(32)15-33-20-9-7-16-4-1-2-5-17(16)12-20/h1-2,4-5,7-10,12,14,18H,3,6,11,13,15H2. The molecule has 0 bridgehead atoms. The molecule has 0 N–H and O–H groups in total. The Morgan fingerprint density at radius 3 is 2.70 bits per heavy atom. The SMILES string of the molecule is O=C(COc1ccc2ccccc2c1)N1CCCC(c2nnc3ccc(C(F)(F)F)cn23)C1. The highest BCUT2D eigenvalue weighted by atomic mass is 19.4. The second kappa shape index (κ2) is 8.38. The first-order chi connectivity index (χ1) is 15.9. The van der Waals surface area contributed by atoms with Gasteiger partial charge in [0.05, 0.1) is 5.56 Å². The highest BCUT2D eigenvalue weighted by Crippen LogP contribution is 2.31. The maximum Gasteiger partial charge on any atom is 0.417 e. The van der Waals surface area contributed by atoms with Crippen molar-refractivity contribution >= 4 is 22.3 Å². The quantitative estimate of drug-likeness (QED) is 0.449. The van der Waals surface area contributed by atoms with Gasteiger partial charge in [0.2, 0.25) is 0 Å². The molecule has 1 amide bonds. The summed E-state index contributed by atoms with van der Waals surface area (Å²) < 4.78 is 46.6. The second-order valence-electron chi connectivity index (χ2n) is 8.18. The van der Waals surface area contributed by atoms with Crippen LogP contribution in [0.2, 0.25) is 0 Å². The van der Waals surface area contributed by atoms with Gasteiger partial charge in [0, 0.05) is 25.2 Å². The third kappa shape index (κ3) is 4.35. The van der Waals surface area contributed by atoms with Crippen molar-refractivity contribution in [2.45, 2.75) is 24.9 Å². The van der Waals surface area contributed by atoms with Crippen molar-refractivity contribution in [3.63, 3.8) is 0 Å². The van der Waals surface area contributed by atoms with Gasteiger partial charge < -0.3 is 9.64 Å². The highest BCUT2D eigenvalue weighted by molar-refractivity contribution is 5.84. The number of hydrogen-bond acceptors (Lipinski definition) is 4. The Bertz CT molecular complexity index is 1320. The largest absolute Gasteiger partial charge is 0.484 e. The number of carbonyl (C=O) groups is 1. The van der Waals surface area contributed by atoms with Gasteiger partial charge in [-0.25, -0.2) is 0 Å². The molecule has 0 radical (unpaired) electrons. The van der Waals surface area contributed by atoms with Crippen LogP contribution in [0.3, 0.4) is 0 Å². The van der Waals surface area contributed by atoms with E-state index in [4.69, 9.17) is 4.74 Å². The Hall–Kier alpha value is -3.62. The number of ether oxygens (including phenoxy) is 1. The first-order valence-electron chi connectivity index (χ1n) is 10.7. The average Bonchev–Trinajstić information content (AvgIpc) is 3.25. The van der Waals surface area contributed by atoms with Crippen LogP contribution < -0.4 is 4.74 Å². The van der Waals surface area contributed by atoms with Crippen LogP contribution in [0.1, 0.15) is 30.1 Å². The zero-order chi connectivity index (χ0) is 23.0. The number of amides is 1. The molecule has 3 heterocycles. The van der Waals surface area contributed by atoms with Gasteiger partial charge in [0.15, 0.2) is 12.3 Å². The third-order valence-electron chi connectivity index (χ3n) is 5.98. The minimum absolute atomic E-state index is 0.107. The monoisotopic (exact) mass is 454 g/mol. The van der Waals surface area contributed by atoms with Crippen LogP contribution in [0.15, 0.2) is 60.8 Å². The number of piperidine rings is 1. The summed E-state index contributed by atoms with van der Waals surface area (Å²) in [6.07, 6.45) is -1.99. The molecule has 4 aromatic rings. The van der Waals surface area contributed by atoms with E-state index < -0.39 is 11.7 Å². The highest BCUT2D eigenvalue weighted by Gasteiger charge is 2.32. The lowest BCUT2D eigenvalue weighted by atomic mass is 9.97. The molecule has 5 rings (SSSR count). The van der Waals surface area contributed by atoms with E-state index in [1.807, 2.05) is 42.5 Å². The summed E-state index contributed by atoms with van der Waals surface area (Å²) in [5.74, 6) is 0.669. The average molecular weight is 454 g/mol. The van der Waals surface area contributed by atoms with Crippen molar-refractivity contribution in [2.75, 3.05) is 19.7 Å². The van der Waals surface area contributed by atoms with Crippen LogP contribution in [-0.2, 0) is 11.0 Å². The van der Waals surface area contributed by atoms with Gasteiger partial charge >= 0.3 is 6.18 Å². The van der Waals surface area contributed by atoms with Crippen LogP contribution in [0.25, 0.3) is 16.4 Å². The van der Waals surface area contributed by atoms with E-state index in [1.165, 1.54) is 10.5 Å².